The van der Waals surface area contributed by atoms with Crippen molar-refractivity contribution < 1.29 is 8.42 Å². The summed E-state index contributed by atoms with van der Waals surface area (Å²) in [6.45, 7) is 2.90. The summed E-state index contributed by atoms with van der Waals surface area (Å²) >= 11 is 0. The number of nitrogens with zero attached hydrogens (tertiary/aromatic N) is 7. The van der Waals surface area contributed by atoms with Crippen LogP contribution in [0.25, 0.3) is 0 Å². The fourth-order valence-corrected chi connectivity index (χ4v) is 4.41. The summed E-state index contributed by atoms with van der Waals surface area (Å²) in [5.41, 5.74) is 2.94. The van der Waals surface area contributed by atoms with Gasteiger partial charge in [-0.1, -0.05) is 30.3 Å². The van der Waals surface area contributed by atoms with Crippen LogP contribution in [0.1, 0.15) is 11.1 Å². The maximum Gasteiger partial charge on any atom is 0.238 e. The van der Waals surface area contributed by atoms with Crippen LogP contribution in [-0.2, 0) is 16.4 Å². The van der Waals surface area contributed by atoms with Crippen molar-refractivity contribution in [1.29, 1.82) is 0 Å². The zero-order valence-electron chi connectivity index (χ0n) is 19.4. The van der Waals surface area contributed by atoms with E-state index in [9.17, 15) is 8.42 Å². The second kappa shape index (κ2) is 10.2. The second-order valence-electron chi connectivity index (χ2n) is 8.33. The molecule has 184 valence electrons. The topological polar surface area (TPSA) is 143 Å². The summed E-state index contributed by atoms with van der Waals surface area (Å²) in [6, 6.07) is 16.3. The fourth-order valence-electron chi connectivity index (χ4n) is 3.90. The molecule has 1 aliphatic heterocycles. The van der Waals surface area contributed by atoms with Crippen LogP contribution in [-0.4, -0.2) is 59.5 Å². The van der Waals surface area contributed by atoms with Gasteiger partial charge in [-0.15, -0.1) is 0 Å². The van der Waals surface area contributed by atoms with Gasteiger partial charge in [0.1, 0.15) is 6.33 Å². The number of rotatable bonds is 7. The number of anilines is 4. The quantitative estimate of drug-likeness (QED) is 0.384. The predicted octanol–water partition coefficient (Wildman–Crippen LogP) is 1.97. The molecule has 5 rings (SSSR count). The SMILES string of the molecule is NS(=O)(=O)c1ccc(Nc2ncnc(N3CCN(c4ncc(Cc5ccccc5)cn4)CC3)n2)cc1. The third kappa shape index (κ3) is 5.73. The van der Waals surface area contributed by atoms with Gasteiger partial charge >= 0.3 is 0 Å². The average Bonchev–Trinajstić information content (AvgIpc) is 2.90. The lowest BCUT2D eigenvalue weighted by atomic mass is 10.1. The van der Waals surface area contributed by atoms with E-state index in [4.69, 9.17) is 5.14 Å². The fraction of sp³-hybridized carbons (Fsp3) is 0.208. The van der Waals surface area contributed by atoms with E-state index in [-0.39, 0.29) is 4.90 Å². The summed E-state index contributed by atoms with van der Waals surface area (Å²) in [7, 11) is -3.74. The average molecular weight is 504 g/mol. The zero-order valence-corrected chi connectivity index (χ0v) is 20.2. The van der Waals surface area contributed by atoms with Crippen molar-refractivity contribution in [1.82, 2.24) is 24.9 Å². The van der Waals surface area contributed by atoms with Crippen LogP contribution in [0, 0.1) is 0 Å². The van der Waals surface area contributed by atoms with Crippen molar-refractivity contribution in [2.75, 3.05) is 41.3 Å². The molecule has 0 spiro atoms. The Morgan fingerprint density at radius 1 is 0.778 bits per heavy atom. The number of sulfonamides is 1. The minimum absolute atomic E-state index is 0.0390. The number of piperazine rings is 1. The van der Waals surface area contributed by atoms with E-state index in [0.717, 1.165) is 25.1 Å². The highest BCUT2D eigenvalue weighted by Crippen LogP contribution is 2.19. The smallest absolute Gasteiger partial charge is 0.238 e. The van der Waals surface area contributed by atoms with Gasteiger partial charge in [-0.05, 0) is 35.4 Å². The number of nitrogens with two attached hydrogens (primary N) is 1. The van der Waals surface area contributed by atoms with E-state index in [0.29, 0.717) is 36.6 Å². The molecule has 0 aliphatic carbocycles. The van der Waals surface area contributed by atoms with Crippen molar-refractivity contribution >= 4 is 33.6 Å². The molecule has 3 N–H and O–H groups in total. The summed E-state index contributed by atoms with van der Waals surface area (Å²) in [4.78, 5) is 26.4. The molecule has 12 heteroatoms. The lowest BCUT2D eigenvalue weighted by molar-refractivity contribution is 0.598. The van der Waals surface area contributed by atoms with E-state index in [2.05, 4.69) is 52.2 Å². The zero-order chi connectivity index (χ0) is 25.0. The van der Waals surface area contributed by atoms with Gasteiger partial charge in [0.05, 0.1) is 4.90 Å². The number of hydrogen-bond acceptors (Lipinski definition) is 10. The van der Waals surface area contributed by atoms with Crippen molar-refractivity contribution in [2.24, 2.45) is 5.14 Å². The second-order valence-corrected chi connectivity index (χ2v) is 9.89. The molecular formula is C24H25N9O2S. The first-order valence-electron chi connectivity index (χ1n) is 11.4. The van der Waals surface area contributed by atoms with Crippen LogP contribution in [0.15, 0.2) is 78.2 Å². The lowest BCUT2D eigenvalue weighted by Crippen LogP contribution is -2.47. The molecule has 0 saturated carbocycles. The molecule has 1 saturated heterocycles. The van der Waals surface area contributed by atoms with E-state index in [1.54, 1.807) is 12.1 Å². The van der Waals surface area contributed by atoms with Crippen LogP contribution in [0.2, 0.25) is 0 Å². The largest absolute Gasteiger partial charge is 0.337 e. The Morgan fingerprint density at radius 2 is 1.42 bits per heavy atom. The van der Waals surface area contributed by atoms with Gasteiger partial charge in [0.2, 0.25) is 27.9 Å². The minimum Gasteiger partial charge on any atom is -0.337 e. The van der Waals surface area contributed by atoms with Crippen LogP contribution in [0.3, 0.4) is 0 Å². The standard InChI is InChI=1S/C24H25N9O2S/c25-36(34,35)21-8-6-20(7-9-21)30-22-28-17-29-24(31-22)33-12-10-32(11-13-33)23-26-15-19(16-27-23)14-18-4-2-1-3-5-18/h1-9,15-17H,10-14H2,(H2,25,34,35)(H,28,29,30,31). The van der Waals surface area contributed by atoms with Crippen LogP contribution in [0.5, 0.6) is 0 Å². The molecule has 0 radical (unpaired) electrons. The first-order valence-corrected chi connectivity index (χ1v) is 12.9. The summed E-state index contributed by atoms with van der Waals surface area (Å²) in [6.07, 6.45) is 6.04. The van der Waals surface area contributed by atoms with Gasteiger partial charge in [0.15, 0.2) is 0 Å². The highest BCUT2D eigenvalue weighted by atomic mass is 32.2. The summed E-state index contributed by atoms with van der Waals surface area (Å²) in [5.74, 6) is 1.64. The number of primary sulfonamides is 1. The Bertz CT molecular complexity index is 1410. The molecule has 0 unspecified atom stereocenters. The number of hydrogen-bond donors (Lipinski definition) is 2. The summed E-state index contributed by atoms with van der Waals surface area (Å²) < 4.78 is 22.9. The van der Waals surface area contributed by atoms with Crippen LogP contribution >= 0.6 is 0 Å². The van der Waals surface area contributed by atoms with E-state index in [1.165, 1.54) is 24.0 Å². The molecule has 1 fully saturated rings. The first kappa shape index (κ1) is 23.6. The molecular weight excluding hydrogens is 478 g/mol. The van der Waals surface area contributed by atoms with Crippen LogP contribution < -0.4 is 20.3 Å². The third-order valence-corrected chi connectivity index (χ3v) is 6.72. The van der Waals surface area contributed by atoms with Gasteiger partial charge in [0, 0.05) is 50.7 Å². The molecule has 2 aromatic heterocycles. The minimum atomic E-state index is -3.74. The molecule has 0 bridgehead atoms. The third-order valence-electron chi connectivity index (χ3n) is 5.79. The molecule has 2 aromatic carbocycles. The van der Waals surface area contributed by atoms with E-state index < -0.39 is 10.0 Å². The van der Waals surface area contributed by atoms with Crippen molar-refractivity contribution in [3.8, 4) is 0 Å². The molecule has 3 heterocycles. The van der Waals surface area contributed by atoms with Crippen molar-refractivity contribution in [3.05, 3.63) is 84.4 Å². The van der Waals surface area contributed by atoms with Crippen molar-refractivity contribution in [3.63, 3.8) is 0 Å². The Hall–Kier alpha value is -4.16. The van der Waals surface area contributed by atoms with Gasteiger partial charge < -0.3 is 15.1 Å². The molecule has 1 aliphatic rings. The molecule has 11 nitrogen and oxygen atoms in total. The Labute approximate surface area is 209 Å². The van der Waals surface area contributed by atoms with Gasteiger partial charge in [-0.25, -0.2) is 33.5 Å². The van der Waals surface area contributed by atoms with E-state index >= 15 is 0 Å². The Balaban J connectivity index is 1.18. The first-order chi connectivity index (χ1) is 17.4. The number of benzene rings is 2. The highest BCUT2D eigenvalue weighted by Gasteiger charge is 2.21. The Morgan fingerprint density at radius 3 is 2.06 bits per heavy atom. The molecule has 36 heavy (non-hydrogen) atoms. The normalized spacial score (nSPS) is 14.0. The maximum absolute atomic E-state index is 11.4. The molecule has 0 amide bonds. The van der Waals surface area contributed by atoms with Crippen LogP contribution in [0.4, 0.5) is 23.5 Å². The lowest BCUT2D eigenvalue weighted by Gasteiger charge is -2.34. The van der Waals surface area contributed by atoms with Gasteiger partial charge in [-0.2, -0.15) is 4.98 Å². The maximum atomic E-state index is 11.4. The monoisotopic (exact) mass is 503 g/mol. The Kier molecular flexibility index (Phi) is 6.69. The number of nitrogens with one attached hydrogen (secondary N) is 1. The van der Waals surface area contributed by atoms with Gasteiger partial charge in [-0.3, -0.25) is 0 Å². The van der Waals surface area contributed by atoms with Crippen molar-refractivity contribution in [2.45, 2.75) is 11.3 Å². The number of aromatic nitrogens is 5. The van der Waals surface area contributed by atoms with E-state index in [1.807, 2.05) is 30.6 Å². The molecule has 0 atom stereocenters. The van der Waals surface area contributed by atoms with Gasteiger partial charge in [0.25, 0.3) is 0 Å². The molecule has 4 aromatic rings. The predicted molar refractivity (Wildman–Crippen MR) is 137 cm³/mol. The summed E-state index contributed by atoms with van der Waals surface area (Å²) in [5, 5.41) is 8.21. The highest BCUT2D eigenvalue weighted by molar-refractivity contribution is 7.89.